The largest absolute Gasteiger partial charge is 0.294 e. The summed E-state index contributed by atoms with van der Waals surface area (Å²) in [6, 6.07) is 3.30. The number of pyridine rings is 1. The first-order valence-electron chi connectivity index (χ1n) is 5.24. The Labute approximate surface area is 121 Å². The predicted octanol–water partition coefficient (Wildman–Crippen LogP) is 4.20. The third-order valence-electron chi connectivity index (χ3n) is 2.44. The van der Waals surface area contributed by atoms with Crippen LogP contribution in [0.15, 0.2) is 35.1 Å². The van der Waals surface area contributed by atoms with E-state index in [1.54, 1.807) is 12.3 Å². The average molecular weight is 347 g/mol. The molecule has 0 unspecified atom stereocenters. The molecule has 0 fully saturated rings. The lowest BCUT2D eigenvalue weighted by molar-refractivity contribution is 0.0988. The van der Waals surface area contributed by atoms with Crippen molar-refractivity contribution in [1.82, 2.24) is 4.98 Å². The van der Waals surface area contributed by atoms with Crippen LogP contribution in [0.3, 0.4) is 0 Å². The fourth-order valence-electron chi connectivity index (χ4n) is 1.57. The zero-order valence-corrected chi connectivity index (χ0v) is 11.8. The highest BCUT2D eigenvalue weighted by Gasteiger charge is 2.16. The molecule has 1 aromatic carbocycles. The minimum absolute atomic E-state index is 0.0650. The highest BCUT2D eigenvalue weighted by molar-refractivity contribution is 9.10. The number of Topliss-reactive ketones (excluding diaryl/α,β-unsaturated/α-hetero) is 1. The molecule has 1 heterocycles. The van der Waals surface area contributed by atoms with Gasteiger partial charge in [0.15, 0.2) is 5.78 Å². The molecule has 0 bridgehead atoms. The summed E-state index contributed by atoms with van der Waals surface area (Å²) >= 11 is 8.65. The molecular weight excluding hydrogens is 340 g/mol. The number of hydrogen-bond donors (Lipinski definition) is 0. The van der Waals surface area contributed by atoms with Gasteiger partial charge >= 0.3 is 0 Å². The van der Waals surface area contributed by atoms with E-state index in [-0.39, 0.29) is 17.0 Å². The molecule has 2 aromatic rings. The lowest BCUT2D eigenvalue weighted by Gasteiger charge is -2.04. The number of halogens is 4. The maximum absolute atomic E-state index is 13.6. The second kappa shape index (κ2) is 5.75. The molecular formula is C13H7BrClF2NO. The van der Waals surface area contributed by atoms with E-state index in [0.29, 0.717) is 10.0 Å². The molecule has 0 aliphatic carbocycles. The van der Waals surface area contributed by atoms with Gasteiger partial charge in [0, 0.05) is 23.3 Å². The Kier molecular flexibility index (Phi) is 4.27. The number of aromatic nitrogens is 1. The first-order chi connectivity index (χ1) is 8.97. The molecule has 19 heavy (non-hydrogen) atoms. The van der Waals surface area contributed by atoms with E-state index in [0.717, 1.165) is 12.1 Å². The monoisotopic (exact) mass is 345 g/mol. The number of hydrogen-bond acceptors (Lipinski definition) is 2. The Morgan fingerprint density at radius 3 is 2.63 bits per heavy atom. The van der Waals surface area contributed by atoms with Gasteiger partial charge in [0.25, 0.3) is 0 Å². The molecule has 2 nitrogen and oxygen atoms in total. The number of benzene rings is 1. The fraction of sp³-hybridized carbons (Fsp3) is 0.0769. The minimum Gasteiger partial charge on any atom is -0.294 e. The molecule has 0 N–H and O–H groups in total. The van der Waals surface area contributed by atoms with Gasteiger partial charge in [0.05, 0.1) is 10.6 Å². The van der Waals surface area contributed by atoms with Gasteiger partial charge in [-0.3, -0.25) is 9.78 Å². The van der Waals surface area contributed by atoms with Crippen LogP contribution in [0, 0.1) is 11.6 Å². The maximum Gasteiger partial charge on any atom is 0.170 e. The average Bonchev–Trinajstić information content (AvgIpc) is 2.33. The molecule has 0 radical (unpaired) electrons. The summed E-state index contributed by atoms with van der Waals surface area (Å²) in [6.45, 7) is 0. The van der Waals surface area contributed by atoms with Gasteiger partial charge in [-0.25, -0.2) is 8.78 Å². The maximum atomic E-state index is 13.6. The SMILES string of the molecule is O=C(Cc1cncc(Br)c1)c1cc(F)c(Cl)cc1F. The van der Waals surface area contributed by atoms with Crippen molar-refractivity contribution >= 4 is 33.3 Å². The smallest absolute Gasteiger partial charge is 0.170 e. The van der Waals surface area contributed by atoms with Gasteiger partial charge in [-0.1, -0.05) is 11.6 Å². The van der Waals surface area contributed by atoms with E-state index in [1.165, 1.54) is 6.20 Å². The molecule has 1 aromatic heterocycles. The van der Waals surface area contributed by atoms with E-state index in [4.69, 9.17) is 11.6 Å². The van der Waals surface area contributed by atoms with Crippen molar-refractivity contribution in [3.63, 3.8) is 0 Å². The van der Waals surface area contributed by atoms with E-state index in [9.17, 15) is 13.6 Å². The molecule has 0 saturated heterocycles. The topological polar surface area (TPSA) is 30.0 Å². The van der Waals surface area contributed by atoms with Crippen molar-refractivity contribution < 1.29 is 13.6 Å². The van der Waals surface area contributed by atoms with Crippen LogP contribution in [0.2, 0.25) is 5.02 Å². The summed E-state index contributed by atoms with van der Waals surface area (Å²) in [4.78, 5) is 15.8. The number of carbonyl (C=O) groups is 1. The Bertz CT molecular complexity index is 649. The summed E-state index contributed by atoms with van der Waals surface area (Å²) in [5.41, 5.74) is 0.288. The number of nitrogens with zero attached hydrogens (tertiary/aromatic N) is 1. The third kappa shape index (κ3) is 3.36. The third-order valence-corrected chi connectivity index (χ3v) is 3.16. The molecule has 0 saturated carbocycles. The zero-order valence-electron chi connectivity index (χ0n) is 9.46. The number of rotatable bonds is 3. The van der Waals surface area contributed by atoms with E-state index in [1.807, 2.05) is 0 Å². The van der Waals surface area contributed by atoms with Crippen molar-refractivity contribution in [2.24, 2.45) is 0 Å². The second-order valence-electron chi connectivity index (χ2n) is 3.86. The van der Waals surface area contributed by atoms with Crippen LogP contribution in [0.1, 0.15) is 15.9 Å². The molecule has 0 aliphatic rings. The van der Waals surface area contributed by atoms with E-state index in [2.05, 4.69) is 20.9 Å². The summed E-state index contributed by atoms with van der Waals surface area (Å²) in [6.07, 6.45) is 2.99. The molecule has 6 heteroatoms. The lowest BCUT2D eigenvalue weighted by Crippen LogP contribution is -2.07. The lowest BCUT2D eigenvalue weighted by atomic mass is 10.0. The van der Waals surface area contributed by atoms with Crippen LogP contribution < -0.4 is 0 Å². The molecule has 0 spiro atoms. The summed E-state index contributed by atoms with van der Waals surface area (Å²) in [5, 5.41) is -0.349. The van der Waals surface area contributed by atoms with Crippen molar-refractivity contribution in [1.29, 1.82) is 0 Å². The summed E-state index contributed by atoms with van der Waals surface area (Å²) in [7, 11) is 0. The normalized spacial score (nSPS) is 10.5. The fourth-order valence-corrected chi connectivity index (χ4v) is 2.13. The number of carbonyl (C=O) groups excluding carboxylic acids is 1. The van der Waals surface area contributed by atoms with E-state index < -0.39 is 17.4 Å². The Morgan fingerprint density at radius 1 is 1.21 bits per heavy atom. The van der Waals surface area contributed by atoms with Gasteiger partial charge in [-0.2, -0.15) is 0 Å². The summed E-state index contributed by atoms with van der Waals surface area (Å²) in [5.74, 6) is -2.19. The molecule has 98 valence electrons. The molecule has 0 atom stereocenters. The van der Waals surface area contributed by atoms with Gasteiger partial charge in [-0.15, -0.1) is 0 Å². The first-order valence-corrected chi connectivity index (χ1v) is 6.41. The summed E-state index contributed by atoms with van der Waals surface area (Å²) < 4.78 is 27.5. The highest BCUT2D eigenvalue weighted by atomic mass is 79.9. The van der Waals surface area contributed by atoms with Gasteiger partial charge in [0.2, 0.25) is 0 Å². The van der Waals surface area contributed by atoms with Crippen molar-refractivity contribution in [2.45, 2.75) is 6.42 Å². The van der Waals surface area contributed by atoms with Crippen LogP contribution in [0.25, 0.3) is 0 Å². The van der Waals surface area contributed by atoms with Gasteiger partial charge < -0.3 is 0 Å². The van der Waals surface area contributed by atoms with Crippen LogP contribution in [0.5, 0.6) is 0 Å². The van der Waals surface area contributed by atoms with Crippen LogP contribution in [0.4, 0.5) is 8.78 Å². The first kappa shape index (κ1) is 14.1. The van der Waals surface area contributed by atoms with Crippen molar-refractivity contribution in [3.8, 4) is 0 Å². The Balaban J connectivity index is 2.28. The standard InChI is InChI=1S/C13H7BrClF2NO/c14-8-1-7(5-18-6-8)2-13(19)9-3-12(17)10(15)4-11(9)16/h1,3-6H,2H2. The number of ketones is 1. The Hall–Kier alpha value is -1.33. The second-order valence-corrected chi connectivity index (χ2v) is 5.18. The van der Waals surface area contributed by atoms with Crippen molar-refractivity contribution in [2.75, 3.05) is 0 Å². The van der Waals surface area contributed by atoms with Crippen molar-refractivity contribution in [3.05, 3.63) is 62.8 Å². The van der Waals surface area contributed by atoms with Gasteiger partial charge in [-0.05, 0) is 39.7 Å². The van der Waals surface area contributed by atoms with Crippen LogP contribution in [-0.2, 0) is 6.42 Å². The predicted molar refractivity (Wildman–Crippen MR) is 71.3 cm³/mol. The minimum atomic E-state index is -0.834. The van der Waals surface area contributed by atoms with Crippen LogP contribution >= 0.6 is 27.5 Å². The molecule has 2 rings (SSSR count). The zero-order chi connectivity index (χ0) is 14.0. The van der Waals surface area contributed by atoms with Crippen LogP contribution in [-0.4, -0.2) is 10.8 Å². The van der Waals surface area contributed by atoms with Gasteiger partial charge in [0.1, 0.15) is 11.6 Å². The molecule has 0 aliphatic heterocycles. The quantitative estimate of drug-likeness (QED) is 0.616. The Morgan fingerprint density at radius 2 is 1.95 bits per heavy atom. The van der Waals surface area contributed by atoms with E-state index >= 15 is 0 Å². The molecule has 0 amide bonds. The highest BCUT2D eigenvalue weighted by Crippen LogP contribution is 2.21.